The Morgan fingerprint density at radius 2 is 1.69 bits per heavy atom. The van der Waals surface area contributed by atoms with Crippen molar-refractivity contribution in [1.82, 2.24) is 5.32 Å². The number of nitrogens with one attached hydrogen (secondary N) is 2. The number of piperidine rings is 1. The molecule has 1 atom stereocenters. The lowest BCUT2D eigenvalue weighted by Gasteiger charge is -2.20. The Kier molecular flexibility index (Phi) is 18.8. The van der Waals surface area contributed by atoms with Crippen molar-refractivity contribution < 1.29 is 19.5 Å². The monoisotopic (exact) mass is 486 g/mol. The van der Waals surface area contributed by atoms with E-state index in [1.807, 2.05) is 26.0 Å². The summed E-state index contributed by atoms with van der Waals surface area (Å²) in [5, 5.41) is 13.1. The molecule has 0 aromatic heterocycles. The normalized spacial score (nSPS) is 14.4. The number of aliphatic hydroxyl groups is 1. The molecular weight excluding hydrogens is 440 g/mol. The van der Waals surface area contributed by atoms with E-state index in [1.54, 1.807) is 12.1 Å². The fourth-order valence-corrected chi connectivity index (χ4v) is 3.85. The molecule has 196 valence electrons. The van der Waals surface area contributed by atoms with Crippen LogP contribution < -0.4 is 10.6 Å². The van der Waals surface area contributed by atoms with Gasteiger partial charge in [0.05, 0.1) is 6.26 Å². The van der Waals surface area contributed by atoms with Gasteiger partial charge in [-0.15, -0.1) is 0 Å². The molecule has 0 saturated carbocycles. The molecule has 2 rings (SSSR count). The van der Waals surface area contributed by atoms with E-state index in [2.05, 4.69) is 30.7 Å². The Morgan fingerprint density at radius 3 is 2.26 bits per heavy atom. The number of hydrogen-bond donors (Lipinski definition) is 3. The lowest BCUT2D eigenvalue weighted by atomic mass is 9.89. The van der Waals surface area contributed by atoms with Crippen LogP contribution in [0.5, 0.6) is 0 Å². The second kappa shape index (κ2) is 20.5. The lowest BCUT2D eigenvalue weighted by Crippen LogP contribution is -2.41. The van der Waals surface area contributed by atoms with Gasteiger partial charge in [-0.2, -0.15) is 0 Å². The van der Waals surface area contributed by atoms with Crippen LogP contribution in [0.15, 0.2) is 37.6 Å². The number of carbonyl (C=O) groups excluding carboxylic acids is 3. The molecular formula is C29H46N2O4. The summed E-state index contributed by atoms with van der Waals surface area (Å²) in [4.78, 5) is 35.9. The van der Waals surface area contributed by atoms with E-state index in [4.69, 9.17) is 5.11 Å². The van der Waals surface area contributed by atoms with Crippen molar-refractivity contribution in [2.45, 2.75) is 91.4 Å². The molecule has 3 N–H and O–H groups in total. The molecule has 1 aliphatic heterocycles. The predicted octanol–water partition coefficient (Wildman–Crippen LogP) is 7.22. The van der Waals surface area contributed by atoms with Gasteiger partial charge in [-0.05, 0) is 36.6 Å². The van der Waals surface area contributed by atoms with Crippen LogP contribution >= 0.6 is 0 Å². The maximum absolute atomic E-state index is 12.7. The van der Waals surface area contributed by atoms with Crippen molar-refractivity contribution >= 4 is 29.4 Å². The molecule has 1 aliphatic rings. The molecule has 0 radical (unpaired) electrons. The second-order valence-electron chi connectivity index (χ2n) is 8.37. The molecule has 1 unspecified atom stereocenters. The minimum absolute atomic E-state index is 0.0889. The summed E-state index contributed by atoms with van der Waals surface area (Å²) in [6.07, 6.45) is 13.6. The van der Waals surface area contributed by atoms with Gasteiger partial charge < -0.3 is 10.4 Å². The summed E-state index contributed by atoms with van der Waals surface area (Å²) in [5.41, 5.74) is 2.32. The summed E-state index contributed by atoms with van der Waals surface area (Å²) in [6.45, 7) is 13.9. The van der Waals surface area contributed by atoms with Crippen LogP contribution in [0, 0.1) is 5.92 Å². The summed E-state index contributed by atoms with van der Waals surface area (Å²) < 4.78 is 0. The number of ketones is 1. The fourth-order valence-electron chi connectivity index (χ4n) is 3.85. The van der Waals surface area contributed by atoms with Crippen molar-refractivity contribution in [3.63, 3.8) is 0 Å². The number of imide groups is 1. The summed E-state index contributed by atoms with van der Waals surface area (Å²) in [6, 6.07) is 5.66. The average molecular weight is 487 g/mol. The van der Waals surface area contributed by atoms with Gasteiger partial charge >= 0.3 is 0 Å². The van der Waals surface area contributed by atoms with E-state index in [0.29, 0.717) is 18.4 Å². The van der Waals surface area contributed by atoms with E-state index in [9.17, 15) is 14.4 Å². The molecule has 35 heavy (non-hydrogen) atoms. The Balaban J connectivity index is 0.00000214. The predicted molar refractivity (Wildman–Crippen MR) is 147 cm³/mol. The first-order chi connectivity index (χ1) is 17.0. The molecule has 6 heteroatoms. The molecule has 1 fully saturated rings. The maximum atomic E-state index is 12.7. The third-order valence-electron chi connectivity index (χ3n) is 5.72. The van der Waals surface area contributed by atoms with E-state index < -0.39 is 5.92 Å². The summed E-state index contributed by atoms with van der Waals surface area (Å²) >= 11 is 0. The van der Waals surface area contributed by atoms with E-state index in [-0.39, 0.29) is 24.0 Å². The molecule has 1 aromatic carbocycles. The Morgan fingerprint density at radius 1 is 1.09 bits per heavy atom. The molecule has 0 aliphatic carbocycles. The Bertz CT molecular complexity index is 789. The number of unbranched alkanes of at least 4 members (excludes halogenated alkanes) is 7. The number of aliphatic hydroxyl groups excluding tert-OH is 1. The number of rotatable bonds is 14. The van der Waals surface area contributed by atoms with Crippen LogP contribution in [-0.4, -0.2) is 29.2 Å². The van der Waals surface area contributed by atoms with Crippen LogP contribution in [0.25, 0.3) is 6.08 Å². The van der Waals surface area contributed by atoms with Crippen molar-refractivity contribution in [2.24, 2.45) is 5.92 Å². The van der Waals surface area contributed by atoms with E-state index in [0.717, 1.165) is 30.5 Å². The van der Waals surface area contributed by atoms with Gasteiger partial charge in [0, 0.05) is 36.6 Å². The third kappa shape index (κ3) is 13.5. The number of anilines is 1. The summed E-state index contributed by atoms with van der Waals surface area (Å²) in [5.74, 6) is -1.13. The van der Waals surface area contributed by atoms with Gasteiger partial charge in [0.25, 0.3) is 0 Å². The third-order valence-corrected chi connectivity index (χ3v) is 5.72. The fraction of sp³-hybridized carbons (Fsp3) is 0.552. The largest absolute Gasteiger partial charge is 0.516 e. The van der Waals surface area contributed by atoms with Gasteiger partial charge in [0.2, 0.25) is 11.8 Å². The van der Waals surface area contributed by atoms with Gasteiger partial charge in [-0.1, -0.05) is 85.0 Å². The first kappa shape index (κ1) is 32.1. The van der Waals surface area contributed by atoms with Gasteiger partial charge in [-0.3, -0.25) is 19.7 Å². The molecule has 1 saturated heterocycles. The van der Waals surface area contributed by atoms with Crippen LogP contribution in [0.4, 0.5) is 5.69 Å². The van der Waals surface area contributed by atoms with Crippen LogP contribution in [0.1, 0.15) is 107 Å². The van der Waals surface area contributed by atoms with Gasteiger partial charge in [-0.25, -0.2) is 0 Å². The highest BCUT2D eigenvalue weighted by Crippen LogP contribution is 2.23. The van der Waals surface area contributed by atoms with Crippen LogP contribution in [-0.2, 0) is 9.59 Å². The summed E-state index contributed by atoms with van der Waals surface area (Å²) in [7, 11) is 0. The van der Waals surface area contributed by atoms with Crippen molar-refractivity contribution in [1.29, 1.82) is 0 Å². The Hall–Kier alpha value is -2.89. The molecule has 1 aromatic rings. The van der Waals surface area contributed by atoms with Gasteiger partial charge in [0.15, 0.2) is 5.78 Å². The van der Waals surface area contributed by atoms with Crippen molar-refractivity contribution in [3.8, 4) is 0 Å². The van der Waals surface area contributed by atoms with E-state index >= 15 is 0 Å². The minimum Gasteiger partial charge on any atom is -0.516 e. The zero-order chi connectivity index (χ0) is 26.5. The zero-order valence-corrected chi connectivity index (χ0v) is 22.0. The van der Waals surface area contributed by atoms with Crippen molar-refractivity contribution in [3.05, 3.63) is 48.7 Å². The highest BCUT2D eigenvalue weighted by molar-refractivity contribution is 6.04. The first-order valence-electron chi connectivity index (χ1n) is 13.1. The highest BCUT2D eigenvalue weighted by Gasteiger charge is 2.29. The standard InChI is InChI=1S/C25H36N2O3.C2H4O.C2H6/c1-3-5-6-7-8-9-10-11-16-26-21-13-14-22(19(4-2)17-21)23(28)18-20-12-15-24(29)27-25(20)30;1-2-3;1-2/h4,13-14,17,20,26H,2-3,5-12,15-16,18H2,1H3,(H,27,29,30);2-3H,1H2;1-2H3. The molecule has 0 spiro atoms. The lowest BCUT2D eigenvalue weighted by molar-refractivity contribution is -0.136. The topological polar surface area (TPSA) is 95.5 Å². The molecule has 6 nitrogen and oxygen atoms in total. The maximum Gasteiger partial charge on any atom is 0.230 e. The number of amides is 2. The first-order valence-corrected chi connectivity index (χ1v) is 13.1. The second-order valence-corrected chi connectivity index (χ2v) is 8.37. The molecule has 2 amide bonds. The van der Waals surface area contributed by atoms with Crippen LogP contribution in [0.3, 0.4) is 0 Å². The SMILES string of the molecule is C=CO.C=Cc1cc(NCCCCCCCCCC)ccc1C(=O)CC1CCC(=O)NC1=O.CC. The number of Topliss-reactive ketones (excluding diaryl/α,β-unsaturated/α-hetero) is 1. The number of hydrogen-bond acceptors (Lipinski definition) is 5. The van der Waals surface area contributed by atoms with Gasteiger partial charge in [0.1, 0.15) is 0 Å². The molecule has 0 bridgehead atoms. The van der Waals surface area contributed by atoms with E-state index in [1.165, 1.54) is 44.9 Å². The minimum atomic E-state index is -0.437. The zero-order valence-electron chi connectivity index (χ0n) is 22.0. The average Bonchev–Trinajstić information content (AvgIpc) is 2.86. The number of benzene rings is 1. The number of carbonyl (C=O) groups is 3. The smallest absolute Gasteiger partial charge is 0.230 e. The Labute approximate surface area is 212 Å². The quantitative estimate of drug-likeness (QED) is 0.112. The van der Waals surface area contributed by atoms with Crippen LogP contribution in [0.2, 0.25) is 0 Å². The highest BCUT2D eigenvalue weighted by atomic mass is 16.2. The molecule has 1 heterocycles. The van der Waals surface area contributed by atoms with Crippen molar-refractivity contribution in [2.75, 3.05) is 11.9 Å².